The predicted octanol–water partition coefficient (Wildman–Crippen LogP) is 5.66. The Morgan fingerprint density at radius 3 is 2.37 bits per heavy atom. The zero-order valence-electron chi connectivity index (χ0n) is 19.4. The van der Waals surface area contributed by atoms with Crippen molar-refractivity contribution in [3.63, 3.8) is 0 Å². The lowest BCUT2D eigenvalue weighted by atomic mass is 9.98. The standard InChI is InChI=1S/C27H26F3N3O2/c1-17(2)31-26(35)23-15-22(32-25(34)19-8-5-9-21(14-19)27(28,29)30)10-11-24(23)33-13-12-18-6-3-4-7-20(18)16-33/h3-11,14-15,17H,12-13,16H2,1-2H3,(H,31,35)(H,32,34). The fourth-order valence-corrected chi connectivity index (χ4v) is 4.15. The summed E-state index contributed by atoms with van der Waals surface area (Å²) in [6.45, 7) is 5.09. The van der Waals surface area contributed by atoms with Gasteiger partial charge in [0.05, 0.1) is 11.1 Å². The van der Waals surface area contributed by atoms with E-state index in [1.54, 1.807) is 18.2 Å². The van der Waals surface area contributed by atoms with Crippen molar-refractivity contribution in [1.29, 1.82) is 0 Å². The zero-order valence-corrected chi connectivity index (χ0v) is 19.4. The van der Waals surface area contributed by atoms with Gasteiger partial charge in [0.15, 0.2) is 0 Å². The van der Waals surface area contributed by atoms with Gasteiger partial charge in [-0.1, -0.05) is 30.3 Å². The first-order valence-corrected chi connectivity index (χ1v) is 11.4. The van der Waals surface area contributed by atoms with E-state index < -0.39 is 17.6 Å². The predicted molar refractivity (Wildman–Crippen MR) is 130 cm³/mol. The van der Waals surface area contributed by atoms with Crippen LogP contribution in [0.1, 0.15) is 51.3 Å². The van der Waals surface area contributed by atoms with Crippen molar-refractivity contribution in [1.82, 2.24) is 5.32 Å². The molecule has 3 aromatic rings. The number of hydrogen-bond acceptors (Lipinski definition) is 3. The molecule has 0 saturated carbocycles. The number of amides is 2. The Morgan fingerprint density at radius 2 is 1.66 bits per heavy atom. The number of anilines is 2. The first kappa shape index (κ1) is 24.3. The second-order valence-corrected chi connectivity index (χ2v) is 8.83. The number of halogens is 3. The minimum Gasteiger partial charge on any atom is -0.366 e. The average molecular weight is 482 g/mol. The third kappa shape index (κ3) is 5.65. The second kappa shape index (κ2) is 9.82. The van der Waals surface area contributed by atoms with Crippen LogP contribution in [0.15, 0.2) is 66.7 Å². The molecule has 0 bridgehead atoms. The molecule has 0 radical (unpaired) electrons. The van der Waals surface area contributed by atoms with E-state index in [9.17, 15) is 22.8 Å². The molecule has 0 aliphatic carbocycles. The molecule has 35 heavy (non-hydrogen) atoms. The molecule has 0 unspecified atom stereocenters. The number of nitrogens with one attached hydrogen (secondary N) is 2. The molecule has 4 rings (SSSR count). The number of carbonyl (C=O) groups is 2. The molecule has 1 heterocycles. The minimum atomic E-state index is -4.55. The summed E-state index contributed by atoms with van der Waals surface area (Å²) in [5, 5.41) is 5.52. The minimum absolute atomic E-state index is 0.0965. The van der Waals surface area contributed by atoms with Crippen LogP contribution in [0.2, 0.25) is 0 Å². The Labute approximate surface area is 202 Å². The highest BCUT2D eigenvalue weighted by molar-refractivity contribution is 6.06. The Morgan fingerprint density at radius 1 is 0.914 bits per heavy atom. The first-order valence-electron chi connectivity index (χ1n) is 11.4. The van der Waals surface area contributed by atoms with E-state index in [1.165, 1.54) is 23.3 Å². The Kier molecular flexibility index (Phi) is 6.82. The van der Waals surface area contributed by atoms with E-state index in [0.29, 0.717) is 17.8 Å². The van der Waals surface area contributed by atoms with E-state index in [1.807, 2.05) is 26.0 Å². The van der Waals surface area contributed by atoms with Crippen LogP contribution in [0.4, 0.5) is 24.5 Å². The molecule has 2 N–H and O–H groups in total. The molecule has 5 nitrogen and oxygen atoms in total. The van der Waals surface area contributed by atoms with Crippen molar-refractivity contribution in [2.45, 2.75) is 39.0 Å². The molecule has 0 fully saturated rings. The largest absolute Gasteiger partial charge is 0.416 e. The molecule has 3 aromatic carbocycles. The summed E-state index contributed by atoms with van der Waals surface area (Å²) in [4.78, 5) is 27.9. The third-order valence-corrected chi connectivity index (χ3v) is 5.84. The Bertz CT molecular complexity index is 1250. The lowest BCUT2D eigenvalue weighted by Gasteiger charge is -2.32. The normalized spacial score (nSPS) is 13.4. The Balaban J connectivity index is 1.62. The fourth-order valence-electron chi connectivity index (χ4n) is 4.15. The summed E-state index contributed by atoms with van der Waals surface area (Å²) in [6, 6.07) is 17.3. The van der Waals surface area contributed by atoms with Crippen molar-refractivity contribution in [3.05, 3.63) is 94.5 Å². The number of rotatable bonds is 5. The van der Waals surface area contributed by atoms with Gasteiger partial charge in [0.2, 0.25) is 0 Å². The van der Waals surface area contributed by atoms with E-state index in [2.05, 4.69) is 27.7 Å². The van der Waals surface area contributed by atoms with Gasteiger partial charge in [-0.25, -0.2) is 0 Å². The maximum absolute atomic E-state index is 13.1. The first-order chi connectivity index (χ1) is 16.6. The van der Waals surface area contributed by atoms with Crippen molar-refractivity contribution < 1.29 is 22.8 Å². The monoisotopic (exact) mass is 481 g/mol. The molecule has 1 aliphatic rings. The van der Waals surface area contributed by atoms with Gasteiger partial charge in [-0.05, 0) is 67.8 Å². The number of benzene rings is 3. The van der Waals surface area contributed by atoms with Crippen LogP contribution in [0.5, 0.6) is 0 Å². The topological polar surface area (TPSA) is 61.4 Å². The Hall–Kier alpha value is -3.81. The lowest BCUT2D eigenvalue weighted by molar-refractivity contribution is -0.137. The summed E-state index contributed by atoms with van der Waals surface area (Å²) < 4.78 is 39.1. The smallest absolute Gasteiger partial charge is 0.366 e. The van der Waals surface area contributed by atoms with Crippen LogP contribution < -0.4 is 15.5 Å². The molecule has 0 spiro atoms. The maximum atomic E-state index is 13.1. The molecule has 2 amide bonds. The van der Waals surface area contributed by atoms with E-state index in [-0.39, 0.29) is 17.5 Å². The van der Waals surface area contributed by atoms with Gasteiger partial charge in [-0.15, -0.1) is 0 Å². The van der Waals surface area contributed by atoms with Gasteiger partial charge in [-0.2, -0.15) is 13.2 Å². The van der Waals surface area contributed by atoms with E-state index >= 15 is 0 Å². The third-order valence-electron chi connectivity index (χ3n) is 5.84. The van der Waals surface area contributed by atoms with Crippen molar-refractivity contribution in [2.24, 2.45) is 0 Å². The highest BCUT2D eigenvalue weighted by Gasteiger charge is 2.31. The van der Waals surface area contributed by atoms with Crippen molar-refractivity contribution in [2.75, 3.05) is 16.8 Å². The summed E-state index contributed by atoms with van der Waals surface area (Å²) in [6.07, 6.45) is -3.71. The fraction of sp³-hybridized carbons (Fsp3) is 0.259. The van der Waals surface area contributed by atoms with Crippen molar-refractivity contribution in [3.8, 4) is 0 Å². The van der Waals surface area contributed by atoms with Crippen LogP contribution >= 0.6 is 0 Å². The lowest BCUT2D eigenvalue weighted by Crippen LogP contribution is -2.35. The van der Waals surface area contributed by atoms with Gasteiger partial charge in [0.1, 0.15) is 0 Å². The summed E-state index contributed by atoms with van der Waals surface area (Å²) in [5.74, 6) is -0.977. The van der Waals surface area contributed by atoms with Crippen LogP contribution in [-0.2, 0) is 19.1 Å². The highest BCUT2D eigenvalue weighted by atomic mass is 19.4. The molecule has 0 aromatic heterocycles. The molecule has 0 atom stereocenters. The van der Waals surface area contributed by atoms with Gasteiger partial charge in [0, 0.05) is 36.1 Å². The van der Waals surface area contributed by atoms with Gasteiger partial charge in [-0.3, -0.25) is 9.59 Å². The molecule has 1 aliphatic heterocycles. The van der Waals surface area contributed by atoms with Gasteiger partial charge < -0.3 is 15.5 Å². The number of carbonyl (C=O) groups excluding carboxylic acids is 2. The highest BCUT2D eigenvalue weighted by Crippen LogP contribution is 2.31. The second-order valence-electron chi connectivity index (χ2n) is 8.83. The summed E-state index contributed by atoms with van der Waals surface area (Å²) in [5.41, 5.74) is 2.89. The molecular weight excluding hydrogens is 455 g/mol. The van der Waals surface area contributed by atoms with Crippen LogP contribution in [0.3, 0.4) is 0 Å². The van der Waals surface area contributed by atoms with E-state index in [4.69, 9.17) is 0 Å². The molecular formula is C27H26F3N3O2. The number of nitrogens with zero attached hydrogens (tertiary/aromatic N) is 1. The number of hydrogen-bond donors (Lipinski definition) is 2. The van der Waals surface area contributed by atoms with Gasteiger partial charge in [0.25, 0.3) is 11.8 Å². The van der Waals surface area contributed by atoms with Crippen molar-refractivity contribution >= 4 is 23.2 Å². The van der Waals surface area contributed by atoms with E-state index in [0.717, 1.165) is 30.8 Å². The summed E-state index contributed by atoms with van der Waals surface area (Å²) in [7, 11) is 0. The zero-order chi connectivity index (χ0) is 25.2. The molecule has 182 valence electrons. The molecule has 8 heteroatoms. The van der Waals surface area contributed by atoms with Gasteiger partial charge >= 0.3 is 6.18 Å². The quantitative estimate of drug-likeness (QED) is 0.495. The van der Waals surface area contributed by atoms with Crippen LogP contribution in [0.25, 0.3) is 0 Å². The average Bonchev–Trinajstić information content (AvgIpc) is 2.83. The van der Waals surface area contributed by atoms with Crippen LogP contribution in [0, 0.1) is 0 Å². The van der Waals surface area contributed by atoms with Crippen LogP contribution in [-0.4, -0.2) is 24.4 Å². The maximum Gasteiger partial charge on any atom is 0.416 e. The molecule has 0 saturated heterocycles. The summed E-state index contributed by atoms with van der Waals surface area (Å²) >= 11 is 0. The number of alkyl halides is 3. The SMILES string of the molecule is CC(C)NC(=O)c1cc(NC(=O)c2cccc(C(F)(F)F)c2)ccc1N1CCc2ccccc2C1. The number of fused-ring (bicyclic) bond motifs is 1.